The van der Waals surface area contributed by atoms with Gasteiger partial charge in [0.05, 0.1) is 7.11 Å². The summed E-state index contributed by atoms with van der Waals surface area (Å²) in [6.45, 7) is 7.57. The second-order valence-electron chi connectivity index (χ2n) is 6.22. The molecule has 1 aromatic carbocycles. The van der Waals surface area contributed by atoms with Gasteiger partial charge in [0.2, 0.25) is 0 Å². The average molecular weight is 296 g/mol. The van der Waals surface area contributed by atoms with E-state index in [0.717, 1.165) is 31.7 Å². The number of hydrogen-bond acceptors (Lipinski definition) is 4. The van der Waals surface area contributed by atoms with E-state index >= 15 is 0 Å². The highest BCUT2D eigenvalue weighted by Gasteiger charge is 2.37. The molecular weight excluding hydrogens is 271 g/mol. The molecule has 1 fully saturated rings. The van der Waals surface area contributed by atoms with Crippen molar-refractivity contribution in [2.24, 2.45) is 5.41 Å². The molecule has 1 aliphatic heterocycles. The van der Waals surface area contributed by atoms with Gasteiger partial charge in [0.1, 0.15) is 11.6 Å². The summed E-state index contributed by atoms with van der Waals surface area (Å²) in [6, 6.07) is 4.51. The number of methoxy groups -OCH3 is 1. The van der Waals surface area contributed by atoms with Crippen molar-refractivity contribution in [3.8, 4) is 5.75 Å². The Morgan fingerprint density at radius 2 is 2.05 bits per heavy atom. The predicted octanol–water partition coefficient (Wildman–Crippen LogP) is 1.80. The van der Waals surface area contributed by atoms with Gasteiger partial charge in [-0.05, 0) is 18.2 Å². The van der Waals surface area contributed by atoms with E-state index in [0.29, 0.717) is 5.75 Å². The quantitative estimate of drug-likeness (QED) is 0.870. The highest BCUT2D eigenvalue weighted by Crippen LogP contribution is 2.42. The van der Waals surface area contributed by atoms with Crippen LogP contribution >= 0.6 is 0 Å². The Balaban J connectivity index is 2.46. The van der Waals surface area contributed by atoms with Crippen LogP contribution in [-0.2, 0) is 0 Å². The molecule has 0 aliphatic carbocycles. The highest BCUT2D eigenvalue weighted by molar-refractivity contribution is 5.37. The van der Waals surface area contributed by atoms with Gasteiger partial charge < -0.3 is 15.2 Å². The fourth-order valence-corrected chi connectivity index (χ4v) is 3.06. The van der Waals surface area contributed by atoms with E-state index in [-0.39, 0.29) is 18.5 Å². The molecule has 0 bridgehead atoms. The third-order valence-corrected chi connectivity index (χ3v) is 4.15. The molecule has 1 heterocycles. The molecular formula is C16H25FN2O2. The fourth-order valence-electron chi connectivity index (χ4n) is 3.06. The van der Waals surface area contributed by atoms with Gasteiger partial charge >= 0.3 is 0 Å². The summed E-state index contributed by atoms with van der Waals surface area (Å²) in [7, 11) is 1.59. The fraction of sp³-hybridized carbons (Fsp3) is 0.625. The summed E-state index contributed by atoms with van der Waals surface area (Å²) in [4.78, 5) is 2.30. The van der Waals surface area contributed by atoms with E-state index in [1.807, 2.05) is 13.8 Å². The maximum Gasteiger partial charge on any atom is 0.123 e. The molecule has 21 heavy (non-hydrogen) atoms. The Morgan fingerprint density at radius 1 is 1.38 bits per heavy atom. The minimum absolute atomic E-state index is 0.0290. The van der Waals surface area contributed by atoms with Crippen molar-refractivity contribution in [2.75, 3.05) is 39.9 Å². The van der Waals surface area contributed by atoms with Crippen LogP contribution in [0.15, 0.2) is 18.2 Å². The average Bonchev–Trinajstić information content (AvgIpc) is 2.48. The molecule has 0 spiro atoms. The lowest BCUT2D eigenvalue weighted by Gasteiger charge is -2.43. The van der Waals surface area contributed by atoms with Crippen molar-refractivity contribution in [3.63, 3.8) is 0 Å². The van der Waals surface area contributed by atoms with Gasteiger partial charge in [-0.25, -0.2) is 4.39 Å². The lowest BCUT2D eigenvalue weighted by Crippen LogP contribution is -2.49. The van der Waals surface area contributed by atoms with E-state index in [4.69, 9.17) is 4.74 Å². The Labute approximate surface area is 125 Å². The van der Waals surface area contributed by atoms with Crippen LogP contribution in [0.3, 0.4) is 0 Å². The molecule has 5 heteroatoms. The van der Waals surface area contributed by atoms with Gasteiger partial charge in [-0.2, -0.15) is 0 Å². The lowest BCUT2D eigenvalue weighted by atomic mass is 9.79. The molecule has 0 saturated carbocycles. The smallest absolute Gasteiger partial charge is 0.123 e. The van der Waals surface area contributed by atoms with Crippen molar-refractivity contribution < 1.29 is 14.2 Å². The number of ether oxygens (including phenoxy) is 1. The number of nitrogens with one attached hydrogen (secondary N) is 1. The van der Waals surface area contributed by atoms with Crippen LogP contribution in [-0.4, -0.2) is 49.9 Å². The second kappa shape index (κ2) is 6.73. The van der Waals surface area contributed by atoms with E-state index in [9.17, 15) is 9.50 Å². The van der Waals surface area contributed by atoms with Crippen LogP contribution in [0.5, 0.6) is 5.75 Å². The molecule has 1 aliphatic rings. The van der Waals surface area contributed by atoms with Crippen molar-refractivity contribution in [1.82, 2.24) is 10.2 Å². The number of rotatable bonds is 5. The van der Waals surface area contributed by atoms with Crippen LogP contribution in [0.1, 0.15) is 25.5 Å². The number of hydrogen-bond donors (Lipinski definition) is 2. The molecule has 1 aromatic rings. The van der Waals surface area contributed by atoms with Crippen LogP contribution in [0.4, 0.5) is 4.39 Å². The Kier molecular flexibility index (Phi) is 5.19. The molecule has 1 saturated heterocycles. The summed E-state index contributed by atoms with van der Waals surface area (Å²) in [5.41, 5.74) is 0.414. The predicted molar refractivity (Wildman–Crippen MR) is 81.0 cm³/mol. The minimum atomic E-state index is -0.390. The van der Waals surface area contributed by atoms with Crippen LogP contribution < -0.4 is 10.1 Å². The highest BCUT2D eigenvalue weighted by atomic mass is 19.1. The van der Waals surface area contributed by atoms with Gasteiger partial charge in [-0.15, -0.1) is 0 Å². The first kappa shape index (κ1) is 16.2. The molecule has 0 amide bonds. The maximum absolute atomic E-state index is 13.8. The second-order valence-corrected chi connectivity index (χ2v) is 6.22. The van der Waals surface area contributed by atoms with Crippen molar-refractivity contribution >= 4 is 0 Å². The number of aliphatic hydroxyl groups is 1. The number of halogens is 1. The molecule has 2 rings (SSSR count). The van der Waals surface area contributed by atoms with E-state index in [1.54, 1.807) is 13.2 Å². The SMILES string of the molecule is COc1ccc(F)cc1[C@@H](N1CCNCC1)C(C)(C)CO. The lowest BCUT2D eigenvalue weighted by molar-refractivity contribution is 0.0291. The van der Waals surface area contributed by atoms with Crippen molar-refractivity contribution in [1.29, 1.82) is 0 Å². The number of nitrogens with zero attached hydrogens (tertiary/aromatic N) is 1. The third-order valence-electron chi connectivity index (χ3n) is 4.15. The summed E-state index contributed by atoms with van der Waals surface area (Å²) in [6.07, 6.45) is 0. The maximum atomic E-state index is 13.8. The van der Waals surface area contributed by atoms with Crippen molar-refractivity contribution in [3.05, 3.63) is 29.6 Å². The summed E-state index contributed by atoms with van der Waals surface area (Å²) < 4.78 is 19.2. The summed E-state index contributed by atoms with van der Waals surface area (Å²) >= 11 is 0. The van der Waals surface area contributed by atoms with Gasteiger partial charge in [-0.1, -0.05) is 13.8 Å². The minimum Gasteiger partial charge on any atom is -0.496 e. The first-order valence-electron chi connectivity index (χ1n) is 7.38. The monoisotopic (exact) mass is 296 g/mol. The topological polar surface area (TPSA) is 44.7 Å². The van der Waals surface area contributed by atoms with Crippen LogP contribution in [0.2, 0.25) is 0 Å². The third kappa shape index (κ3) is 3.54. The molecule has 1 atom stereocenters. The number of benzene rings is 1. The normalized spacial score (nSPS) is 18.5. The molecule has 0 unspecified atom stereocenters. The van der Waals surface area contributed by atoms with Gasteiger partial charge in [0.25, 0.3) is 0 Å². The van der Waals surface area contributed by atoms with Crippen LogP contribution in [0.25, 0.3) is 0 Å². The zero-order valence-electron chi connectivity index (χ0n) is 13.0. The van der Waals surface area contributed by atoms with E-state index < -0.39 is 5.41 Å². The van der Waals surface area contributed by atoms with Gasteiger partial charge in [-0.3, -0.25) is 4.90 Å². The molecule has 0 radical (unpaired) electrons. The number of aliphatic hydroxyl groups excluding tert-OH is 1. The Hall–Kier alpha value is -1.17. The van der Waals surface area contributed by atoms with Crippen LogP contribution in [0, 0.1) is 11.2 Å². The standard InChI is InChI=1S/C16H25FN2O2/c1-16(2,11-20)15(19-8-6-18-7-9-19)13-10-12(17)4-5-14(13)21-3/h4-5,10,15,18,20H,6-9,11H2,1-3H3/t15-/m1/s1. The largest absolute Gasteiger partial charge is 0.496 e. The first-order chi connectivity index (χ1) is 9.99. The zero-order chi connectivity index (χ0) is 15.5. The Morgan fingerprint density at radius 3 is 2.62 bits per heavy atom. The number of piperazine rings is 1. The Bertz CT molecular complexity index is 473. The summed E-state index contributed by atoms with van der Waals surface area (Å²) in [5.74, 6) is 0.390. The zero-order valence-corrected chi connectivity index (χ0v) is 13.0. The molecule has 0 aromatic heterocycles. The van der Waals surface area contributed by atoms with E-state index in [2.05, 4.69) is 10.2 Å². The van der Waals surface area contributed by atoms with E-state index in [1.165, 1.54) is 12.1 Å². The molecule has 4 nitrogen and oxygen atoms in total. The summed E-state index contributed by atoms with van der Waals surface area (Å²) in [5, 5.41) is 13.1. The van der Waals surface area contributed by atoms with Gasteiger partial charge in [0.15, 0.2) is 0 Å². The van der Waals surface area contributed by atoms with Crippen molar-refractivity contribution in [2.45, 2.75) is 19.9 Å². The molecule has 2 N–H and O–H groups in total. The molecule has 118 valence electrons. The van der Waals surface area contributed by atoms with Gasteiger partial charge in [0, 0.05) is 49.8 Å². The first-order valence-corrected chi connectivity index (χ1v) is 7.38.